The smallest absolute Gasteiger partial charge is 0.416 e. The molecule has 2 amide bonds. The fourth-order valence-corrected chi connectivity index (χ4v) is 3.78. The number of ether oxygens (including phenoxy) is 2. The van der Waals surface area contributed by atoms with Crippen LogP contribution in [0, 0.1) is 5.92 Å². The van der Waals surface area contributed by atoms with Gasteiger partial charge in [0.2, 0.25) is 11.8 Å². The molecule has 36 heavy (non-hydrogen) atoms. The van der Waals surface area contributed by atoms with Crippen LogP contribution in [0.4, 0.5) is 13.2 Å². The SMILES string of the molecule is CCOC(=O)C(COCc1cccc(C(F)(F)F)c1)NC(=O)C(C)(C)NC(=O)[C@@H](SC(C)=O)C(C)C. The number of carbonyl (C=O) groups excluding carboxylic acids is 4. The molecule has 2 N–H and O–H groups in total. The summed E-state index contributed by atoms with van der Waals surface area (Å²) >= 11 is 0.858. The van der Waals surface area contributed by atoms with Crippen molar-refractivity contribution in [2.45, 2.75) is 71.2 Å². The Morgan fingerprint density at radius 2 is 1.75 bits per heavy atom. The summed E-state index contributed by atoms with van der Waals surface area (Å²) in [5.41, 5.74) is -2.07. The van der Waals surface area contributed by atoms with Crippen molar-refractivity contribution >= 4 is 34.7 Å². The number of amides is 2. The number of rotatable bonds is 12. The molecule has 0 aromatic heterocycles. The Balaban J connectivity index is 2.88. The minimum Gasteiger partial charge on any atom is -0.464 e. The van der Waals surface area contributed by atoms with Crippen LogP contribution in [0.2, 0.25) is 0 Å². The van der Waals surface area contributed by atoms with Crippen molar-refractivity contribution in [1.82, 2.24) is 10.6 Å². The molecule has 0 spiro atoms. The highest BCUT2D eigenvalue weighted by atomic mass is 32.2. The molecular weight excluding hydrogens is 501 g/mol. The topological polar surface area (TPSA) is 111 Å². The van der Waals surface area contributed by atoms with Gasteiger partial charge in [-0.3, -0.25) is 14.4 Å². The number of hydrogen-bond acceptors (Lipinski definition) is 7. The number of halogens is 3. The zero-order valence-corrected chi connectivity index (χ0v) is 22.0. The molecule has 0 fully saturated rings. The van der Waals surface area contributed by atoms with E-state index in [1.165, 1.54) is 32.9 Å². The first-order chi connectivity index (χ1) is 16.6. The first kappa shape index (κ1) is 31.4. The van der Waals surface area contributed by atoms with Crippen LogP contribution in [-0.4, -0.2) is 52.9 Å². The van der Waals surface area contributed by atoms with E-state index in [0.717, 1.165) is 23.9 Å². The Hall–Kier alpha value is -2.60. The van der Waals surface area contributed by atoms with E-state index in [9.17, 15) is 32.3 Å². The van der Waals surface area contributed by atoms with Gasteiger partial charge in [0.05, 0.1) is 30.6 Å². The molecule has 12 heteroatoms. The second-order valence-corrected chi connectivity index (χ2v) is 10.2. The average Bonchev–Trinajstić information content (AvgIpc) is 2.75. The zero-order chi connectivity index (χ0) is 27.7. The van der Waals surface area contributed by atoms with Crippen molar-refractivity contribution in [3.05, 3.63) is 35.4 Å². The summed E-state index contributed by atoms with van der Waals surface area (Å²) < 4.78 is 49.1. The van der Waals surface area contributed by atoms with E-state index in [0.29, 0.717) is 0 Å². The Kier molecular flexibility index (Phi) is 11.9. The quantitative estimate of drug-likeness (QED) is 0.395. The third-order valence-electron chi connectivity index (χ3n) is 4.84. The molecule has 0 saturated carbocycles. The van der Waals surface area contributed by atoms with Crippen molar-refractivity contribution < 1.29 is 41.8 Å². The molecule has 0 bridgehead atoms. The minimum absolute atomic E-state index is 0.0251. The van der Waals surface area contributed by atoms with Gasteiger partial charge in [-0.1, -0.05) is 37.7 Å². The number of nitrogens with one attached hydrogen (secondary N) is 2. The summed E-state index contributed by atoms with van der Waals surface area (Å²) in [6, 6.07) is 3.27. The Labute approximate surface area is 213 Å². The third-order valence-corrected chi connectivity index (χ3v) is 6.19. The second kappa shape index (κ2) is 13.6. The van der Waals surface area contributed by atoms with Crippen molar-refractivity contribution in [3.8, 4) is 0 Å². The van der Waals surface area contributed by atoms with Crippen LogP contribution in [-0.2, 0) is 41.4 Å². The van der Waals surface area contributed by atoms with E-state index in [1.54, 1.807) is 20.8 Å². The molecule has 1 aromatic rings. The lowest BCUT2D eigenvalue weighted by Gasteiger charge is -2.30. The van der Waals surface area contributed by atoms with Crippen molar-refractivity contribution in [1.29, 1.82) is 0 Å². The maximum absolute atomic E-state index is 12.9. The first-order valence-electron chi connectivity index (χ1n) is 11.3. The van der Waals surface area contributed by atoms with Gasteiger partial charge in [-0.2, -0.15) is 13.2 Å². The summed E-state index contributed by atoms with van der Waals surface area (Å²) in [7, 11) is 0. The second-order valence-electron chi connectivity index (χ2n) is 8.88. The van der Waals surface area contributed by atoms with E-state index >= 15 is 0 Å². The van der Waals surface area contributed by atoms with Gasteiger partial charge in [0.1, 0.15) is 5.54 Å². The number of hydrogen-bond donors (Lipinski definition) is 2. The predicted octanol–water partition coefficient (Wildman–Crippen LogP) is 3.47. The largest absolute Gasteiger partial charge is 0.464 e. The molecular formula is C24H33F3N2O6S. The molecule has 1 rings (SSSR count). The Morgan fingerprint density at radius 3 is 2.28 bits per heavy atom. The summed E-state index contributed by atoms with van der Waals surface area (Å²) in [4.78, 5) is 49.5. The molecule has 2 atom stereocenters. The van der Waals surface area contributed by atoms with Gasteiger partial charge >= 0.3 is 12.1 Å². The Morgan fingerprint density at radius 1 is 1.11 bits per heavy atom. The van der Waals surface area contributed by atoms with Crippen LogP contribution in [0.5, 0.6) is 0 Å². The van der Waals surface area contributed by atoms with Crippen LogP contribution in [0.1, 0.15) is 52.7 Å². The normalized spacial score (nSPS) is 13.6. The van der Waals surface area contributed by atoms with Crippen molar-refractivity contribution in [3.63, 3.8) is 0 Å². The number of thioether (sulfide) groups is 1. The standard InChI is InChI=1S/C24H33F3N2O6S/c1-7-35-21(32)18(13-34-12-16-9-8-10-17(11-16)24(25,26)27)28-22(33)23(5,6)29-20(31)19(14(2)3)36-15(4)30/h8-11,14,18-19H,7,12-13H2,1-6H3,(H,28,33)(H,29,31)/t18?,19-/m0/s1. The monoisotopic (exact) mass is 534 g/mol. The number of esters is 1. The molecule has 0 aliphatic heterocycles. The molecule has 202 valence electrons. The first-order valence-corrected chi connectivity index (χ1v) is 12.2. The van der Waals surface area contributed by atoms with E-state index in [2.05, 4.69) is 10.6 Å². The van der Waals surface area contributed by atoms with Crippen LogP contribution in [0.25, 0.3) is 0 Å². The number of benzene rings is 1. The summed E-state index contributed by atoms with van der Waals surface area (Å²) in [5, 5.41) is 4.11. The third kappa shape index (κ3) is 10.2. The zero-order valence-electron chi connectivity index (χ0n) is 21.2. The predicted molar refractivity (Wildman–Crippen MR) is 129 cm³/mol. The van der Waals surface area contributed by atoms with Gasteiger partial charge in [-0.15, -0.1) is 0 Å². The van der Waals surface area contributed by atoms with Gasteiger partial charge < -0.3 is 20.1 Å². The minimum atomic E-state index is -4.51. The molecule has 0 aliphatic rings. The highest BCUT2D eigenvalue weighted by molar-refractivity contribution is 8.14. The fourth-order valence-electron chi connectivity index (χ4n) is 2.99. The highest BCUT2D eigenvalue weighted by Gasteiger charge is 2.36. The average molecular weight is 535 g/mol. The fraction of sp³-hybridized carbons (Fsp3) is 0.583. The lowest BCUT2D eigenvalue weighted by Crippen LogP contribution is -2.60. The molecule has 8 nitrogen and oxygen atoms in total. The lowest BCUT2D eigenvalue weighted by atomic mass is 10.0. The maximum atomic E-state index is 12.9. The van der Waals surface area contributed by atoms with Gasteiger partial charge in [0.25, 0.3) is 0 Å². The van der Waals surface area contributed by atoms with Crippen LogP contribution in [0.3, 0.4) is 0 Å². The van der Waals surface area contributed by atoms with Crippen molar-refractivity contribution in [2.24, 2.45) is 5.92 Å². The Bertz CT molecular complexity index is 937. The van der Waals surface area contributed by atoms with Crippen LogP contribution < -0.4 is 10.6 Å². The summed E-state index contributed by atoms with van der Waals surface area (Å²) in [5.74, 6) is -2.22. The highest BCUT2D eigenvalue weighted by Crippen LogP contribution is 2.29. The van der Waals surface area contributed by atoms with Gasteiger partial charge in [-0.05, 0) is 44.4 Å². The summed E-state index contributed by atoms with van der Waals surface area (Å²) in [6.07, 6.45) is -4.51. The van der Waals surface area contributed by atoms with Gasteiger partial charge in [-0.25, -0.2) is 4.79 Å². The molecule has 0 aliphatic carbocycles. The van der Waals surface area contributed by atoms with Crippen molar-refractivity contribution in [2.75, 3.05) is 13.2 Å². The van der Waals surface area contributed by atoms with E-state index in [1.807, 2.05) is 0 Å². The van der Waals surface area contributed by atoms with E-state index < -0.39 is 46.4 Å². The lowest BCUT2D eigenvalue weighted by molar-refractivity contribution is -0.150. The molecule has 1 aromatic carbocycles. The van der Waals surface area contributed by atoms with E-state index in [4.69, 9.17) is 9.47 Å². The van der Waals surface area contributed by atoms with Crippen LogP contribution in [0.15, 0.2) is 24.3 Å². The van der Waals surface area contributed by atoms with E-state index in [-0.39, 0.29) is 36.4 Å². The van der Waals surface area contributed by atoms with Gasteiger partial charge in [0, 0.05) is 6.92 Å². The molecule has 0 radical (unpaired) electrons. The maximum Gasteiger partial charge on any atom is 0.416 e. The molecule has 0 heterocycles. The molecule has 0 saturated heterocycles. The number of carbonyl (C=O) groups is 4. The number of alkyl halides is 3. The van der Waals surface area contributed by atoms with Crippen LogP contribution >= 0.6 is 11.8 Å². The summed E-state index contributed by atoms with van der Waals surface area (Å²) in [6.45, 7) is 8.73. The van der Waals surface area contributed by atoms with Gasteiger partial charge in [0.15, 0.2) is 11.2 Å². The molecule has 1 unspecified atom stereocenters.